The van der Waals surface area contributed by atoms with Crippen LogP contribution < -0.4 is 10.2 Å². The van der Waals surface area contributed by atoms with Crippen LogP contribution in [0.1, 0.15) is 38.7 Å². The number of para-hydroxylation sites is 1. The number of hydrogen-bond donors (Lipinski definition) is 1. The highest BCUT2D eigenvalue weighted by molar-refractivity contribution is 5.56. The molecule has 0 bridgehead atoms. The summed E-state index contributed by atoms with van der Waals surface area (Å²) in [6.45, 7) is 8.00. The maximum atomic E-state index is 3.41. The molecule has 0 spiro atoms. The van der Waals surface area contributed by atoms with Gasteiger partial charge in [-0.2, -0.15) is 0 Å². The first-order valence-electron chi connectivity index (χ1n) is 7.38. The zero-order valence-corrected chi connectivity index (χ0v) is 11.8. The van der Waals surface area contributed by atoms with Gasteiger partial charge in [-0.1, -0.05) is 25.1 Å². The molecule has 1 aromatic carbocycles. The molecule has 2 rings (SSSR count). The zero-order valence-electron chi connectivity index (χ0n) is 11.8. The van der Waals surface area contributed by atoms with E-state index in [1.807, 2.05) is 0 Å². The molecule has 0 saturated carbocycles. The van der Waals surface area contributed by atoms with Crippen molar-refractivity contribution in [1.82, 2.24) is 5.32 Å². The van der Waals surface area contributed by atoms with E-state index in [0.29, 0.717) is 6.04 Å². The molecular formula is C16H26N2. The van der Waals surface area contributed by atoms with Crippen molar-refractivity contribution in [3.63, 3.8) is 0 Å². The number of nitrogens with one attached hydrogen (secondary N) is 1. The molecule has 1 atom stereocenters. The number of anilines is 1. The van der Waals surface area contributed by atoms with Gasteiger partial charge in [-0.15, -0.1) is 0 Å². The Morgan fingerprint density at radius 1 is 1.33 bits per heavy atom. The van der Waals surface area contributed by atoms with Crippen molar-refractivity contribution in [1.29, 1.82) is 0 Å². The Balaban J connectivity index is 1.93. The van der Waals surface area contributed by atoms with E-state index in [9.17, 15) is 0 Å². The summed E-state index contributed by atoms with van der Waals surface area (Å²) in [7, 11) is 0. The Labute approximate surface area is 111 Å². The molecule has 0 radical (unpaired) electrons. The van der Waals surface area contributed by atoms with Gasteiger partial charge in [0.15, 0.2) is 0 Å². The van der Waals surface area contributed by atoms with E-state index in [1.165, 1.54) is 43.5 Å². The van der Waals surface area contributed by atoms with E-state index in [4.69, 9.17) is 0 Å². The van der Waals surface area contributed by atoms with Crippen molar-refractivity contribution in [3.8, 4) is 0 Å². The number of nitrogens with zero attached hydrogens (tertiary/aromatic N) is 1. The second-order valence-electron chi connectivity index (χ2n) is 5.27. The van der Waals surface area contributed by atoms with Crippen molar-refractivity contribution in [2.45, 2.75) is 45.6 Å². The van der Waals surface area contributed by atoms with Gasteiger partial charge < -0.3 is 10.2 Å². The van der Waals surface area contributed by atoms with E-state index in [2.05, 4.69) is 48.3 Å². The second kappa shape index (κ2) is 6.79. The van der Waals surface area contributed by atoms with Gasteiger partial charge in [0.2, 0.25) is 0 Å². The molecule has 0 aliphatic carbocycles. The lowest BCUT2D eigenvalue weighted by atomic mass is 9.99. The third-order valence-corrected chi connectivity index (χ3v) is 3.90. The molecule has 1 heterocycles. The van der Waals surface area contributed by atoms with Crippen LogP contribution in [0.5, 0.6) is 0 Å². The predicted octanol–water partition coefficient (Wildman–Crippen LogP) is 3.22. The normalized spacial score (nSPS) is 16.4. The number of aryl methyl sites for hydroxylation is 1. The molecule has 1 unspecified atom stereocenters. The van der Waals surface area contributed by atoms with Crippen molar-refractivity contribution < 1.29 is 0 Å². The van der Waals surface area contributed by atoms with E-state index in [-0.39, 0.29) is 0 Å². The summed E-state index contributed by atoms with van der Waals surface area (Å²) in [4.78, 5) is 2.60. The minimum atomic E-state index is 0.658. The maximum Gasteiger partial charge on any atom is 0.0401 e. The van der Waals surface area contributed by atoms with Gasteiger partial charge in [0.05, 0.1) is 0 Å². The lowest BCUT2D eigenvalue weighted by Gasteiger charge is -2.36. The van der Waals surface area contributed by atoms with Gasteiger partial charge in [-0.3, -0.25) is 0 Å². The molecular weight excluding hydrogens is 220 g/mol. The van der Waals surface area contributed by atoms with E-state index >= 15 is 0 Å². The monoisotopic (exact) mass is 246 g/mol. The summed E-state index contributed by atoms with van der Waals surface area (Å²) in [6.07, 6.45) is 5.10. The average Bonchev–Trinajstić information content (AvgIpc) is 2.43. The molecule has 18 heavy (non-hydrogen) atoms. The number of fused-ring (bicyclic) bond motifs is 1. The molecule has 1 aliphatic rings. The Morgan fingerprint density at radius 3 is 3.00 bits per heavy atom. The van der Waals surface area contributed by atoms with Crippen LogP contribution in [0.2, 0.25) is 0 Å². The van der Waals surface area contributed by atoms with E-state index in [1.54, 1.807) is 0 Å². The van der Waals surface area contributed by atoms with Crippen molar-refractivity contribution >= 4 is 5.69 Å². The lowest BCUT2D eigenvalue weighted by Crippen LogP contribution is -2.37. The standard InChI is InChI=1S/C16H26N2/c1-3-17-12-6-8-14(2)18-13-7-10-15-9-4-5-11-16(15)18/h4-5,9,11,14,17H,3,6-8,10,12-13H2,1-2H3. The van der Waals surface area contributed by atoms with Crippen LogP contribution in [0.15, 0.2) is 24.3 Å². The first-order chi connectivity index (χ1) is 8.83. The van der Waals surface area contributed by atoms with Crippen molar-refractivity contribution in [3.05, 3.63) is 29.8 Å². The first-order valence-corrected chi connectivity index (χ1v) is 7.38. The quantitative estimate of drug-likeness (QED) is 0.775. The highest BCUT2D eigenvalue weighted by Gasteiger charge is 2.20. The Bertz CT molecular complexity index is 362. The highest BCUT2D eigenvalue weighted by atomic mass is 15.2. The summed E-state index contributed by atoms with van der Waals surface area (Å²) < 4.78 is 0. The molecule has 0 aromatic heterocycles. The molecule has 2 heteroatoms. The van der Waals surface area contributed by atoms with Crippen LogP contribution in [0, 0.1) is 0 Å². The molecule has 2 nitrogen and oxygen atoms in total. The van der Waals surface area contributed by atoms with Crippen molar-refractivity contribution in [2.24, 2.45) is 0 Å². The summed E-state index contributed by atoms with van der Waals surface area (Å²) >= 11 is 0. The molecule has 1 aliphatic heterocycles. The van der Waals surface area contributed by atoms with Crippen LogP contribution in [0.25, 0.3) is 0 Å². The second-order valence-corrected chi connectivity index (χ2v) is 5.27. The van der Waals surface area contributed by atoms with Crippen LogP contribution in [0.4, 0.5) is 5.69 Å². The third-order valence-electron chi connectivity index (χ3n) is 3.90. The lowest BCUT2D eigenvalue weighted by molar-refractivity contribution is 0.527. The number of benzene rings is 1. The number of rotatable bonds is 6. The molecule has 100 valence electrons. The van der Waals surface area contributed by atoms with Crippen LogP contribution in [0.3, 0.4) is 0 Å². The fourth-order valence-electron chi connectivity index (χ4n) is 2.88. The maximum absolute atomic E-state index is 3.41. The largest absolute Gasteiger partial charge is 0.369 e. The topological polar surface area (TPSA) is 15.3 Å². The predicted molar refractivity (Wildman–Crippen MR) is 79.3 cm³/mol. The van der Waals surface area contributed by atoms with E-state index < -0.39 is 0 Å². The average molecular weight is 246 g/mol. The van der Waals surface area contributed by atoms with Gasteiger partial charge in [-0.05, 0) is 57.3 Å². The van der Waals surface area contributed by atoms with Gasteiger partial charge in [-0.25, -0.2) is 0 Å². The fourth-order valence-corrected chi connectivity index (χ4v) is 2.88. The van der Waals surface area contributed by atoms with E-state index in [0.717, 1.165) is 13.1 Å². The zero-order chi connectivity index (χ0) is 12.8. The molecule has 1 N–H and O–H groups in total. The van der Waals surface area contributed by atoms with Crippen LogP contribution in [-0.4, -0.2) is 25.7 Å². The van der Waals surface area contributed by atoms with Gasteiger partial charge in [0.1, 0.15) is 0 Å². The summed E-state index contributed by atoms with van der Waals surface area (Å²) in [6, 6.07) is 9.56. The van der Waals surface area contributed by atoms with Crippen LogP contribution in [-0.2, 0) is 6.42 Å². The first kappa shape index (κ1) is 13.4. The SMILES string of the molecule is CCNCCCC(C)N1CCCc2ccccc21. The molecule has 0 fully saturated rings. The Morgan fingerprint density at radius 2 is 2.17 bits per heavy atom. The number of hydrogen-bond acceptors (Lipinski definition) is 2. The van der Waals surface area contributed by atoms with Crippen molar-refractivity contribution in [2.75, 3.05) is 24.5 Å². The smallest absolute Gasteiger partial charge is 0.0401 e. The summed E-state index contributed by atoms with van der Waals surface area (Å²) in [5, 5.41) is 3.41. The third kappa shape index (κ3) is 3.26. The molecule has 0 amide bonds. The fraction of sp³-hybridized carbons (Fsp3) is 0.625. The molecule has 1 aromatic rings. The minimum absolute atomic E-state index is 0.658. The minimum Gasteiger partial charge on any atom is -0.369 e. The Hall–Kier alpha value is -1.02. The molecule has 0 saturated heterocycles. The summed E-state index contributed by atoms with van der Waals surface area (Å²) in [5.41, 5.74) is 3.00. The van der Waals surface area contributed by atoms with Gasteiger partial charge >= 0.3 is 0 Å². The highest BCUT2D eigenvalue weighted by Crippen LogP contribution is 2.29. The van der Waals surface area contributed by atoms with Gasteiger partial charge in [0, 0.05) is 18.3 Å². The van der Waals surface area contributed by atoms with Gasteiger partial charge in [0.25, 0.3) is 0 Å². The Kier molecular flexibility index (Phi) is 5.06. The van der Waals surface area contributed by atoms with Crippen LogP contribution >= 0.6 is 0 Å². The summed E-state index contributed by atoms with van der Waals surface area (Å²) in [5.74, 6) is 0.